The molecular weight excluding hydrogens is 496 g/mol. The second-order valence-electron chi connectivity index (χ2n) is 7.75. The lowest BCUT2D eigenvalue weighted by molar-refractivity contribution is -0.274. The first kappa shape index (κ1) is 24.9. The number of nitrogens with one attached hydrogen (secondary N) is 1. The second kappa shape index (κ2) is 9.47. The quantitative estimate of drug-likeness (QED) is 0.295. The topological polar surface area (TPSA) is 89.4 Å². The summed E-state index contributed by atoms with van der Waals surface area (Å²) < 4.78 is 86.6. The highest BCUT2D eigenvalue weighted by Gasteiger charge is 2.31. The third-order valence-corrected chi connectivity index (χ3v) is 5.04. The monoisotopic (exact) mass is 513 g/mol. The van der Waals surface area contributed by atoms with Crippen molar-refractivity contribution in [3.05, 3.63) is 66.0 Å². The Labute approximate surface area is 198 Å². The Morgan fingerprint density at radius 2 is 1.69 bits per heavy atom. The summed E-state index contributed by atoms with van der Waals surface area (Å²) in [6, 6.07) is 10.7. The zero-order chi connectivity index (χ0) is 26.1. The molecule has 0 aliphatic rings. The molecule has 0 amide bonds. The first-order chi connectivity index (χ1) is 16.9. The van der Waals surface area contributed by atoms with Gasteiger partial charge in [0.25, 0.3) is 0 Å². The van der Waals surface area contributed by atoms with Gasteiger partial charge in [-0.2, -0.15) is 18.3 Å². The summed E-state index contributed by atoms with van der Waals surface area (Å²) in [4.78, 5) is 13.9. The molecular formula is C23H17F6N3O4. The fraction of sp³-hybridized carbons (Fsp3) is 0.217. The number of alkyl halides is 6. The van der Waals surface area contributed by atoms with Crippen molar-refractivity contribution in [2.45, 2.75) is 32.1 Å². The van der Waals surface area contributed by atoms with Gasteiger partial charge in [0.1, 0.15) is 24.7 Å². The lowest BCUT2D eigenvalue weighted by Crippen LogP contribution is -2.21. The Hall–Kier alpha value is -4.16. The van der Waals surface area contributed by atoms with Gasteiger partial charge in [-0.3, -0.25) is 9.48 Å². The third kappa shape index (κ3) is 6.29. The van der Waals surface area contributed by atoms with Gasteiger partial charge in [-0.05, 0) is 48.0 Å². The third-order valence-electron chi connectivity index (χ3n) is 5.04. The number of carboxylic acid groups (broad SMARTS) is 1. The molecule has 0 fully saturated rings. The zero-order valence-corrected chi connectivity index (χ0v) is 18.2. The predicted molar refractivity (Wildman–Crippen MR) is 114 cm³/mol. The van der Waals surface area contributed by atoms with Crippen molar-refractivity contribution in [3.8, 4) is 22.8 Å². The largest absolute Gasteiger partial charge is 0.573 e. The summed E-state index contributed by atoms with van der Waals surface area (Å²) in [6.07, 6.45) is -8.07. The van der Waals surface area contributed by atoms with Crippen molar-refractivity contribution in [1.82, 2.24) is 14.8 Å². The van der Waals surface area contributed by atoms with Crippen molar-refractivity contribution >= 4 is 16.9 Å². The Morgan fingerprint density at radius 1 is 1.00 bits per heavy atom. The average Bonchev–Trinajstić information content (AvgIpc) is 3.34. The minimum Gasteiger partial charge on any atom is -0.487 e. The number of H-pyrrole nitrogens is 1. The van der Waals surface area contributed by atoms with Gasteiger partial charge < -0.3 is 19.6 Å². The normalized spacial score (nSPS) is 12.2. The summed E-state index contributed by atoms with van der Waals surface area (Å²) in [7, 11) is 0. The van der Waals surface area contributed by atoms with E-state index in [4.69, 9.17) is 9.84 Å². The van der Waals surface area contributed by atoms with E-state index in [0.717, 1.165) is 12.1 Å². The molecule has 0 aliphatic heterocycles. The lowest BCUT2D eigenvalue weighted by Gasteiger charge is -2.11. The molecule has 4 rings (SSSR count). The molecule has 0 bridgehead atoms. The molecule has 190 valence electrons. The Kier molecular flexibility index (Phi) is 6.57. The van der Waals surface area contributed by atoms with Crippen molar-refractivity contribution in [2.75, 3.05) is 0 Å². The Bertz CT molecular complexity index is 1370. The molecule has 4 aromatic rings. The minimum atomic E-state index is -4.87. The van der Waals surface area contributed by atoms with E-state index in [2.05, 4.69) is 14.8 Å². The molecule has 7 nitrogen and oxygen atoms in total. The van der Waals surface area contributed by atoms with E-state index in [1.54, 1.807) is 24.4 Å². The first-order valence-corrected chi connectivity index (χ1v) is 10.3. The molecule has 0 saturated carbocycles. The minimum absolute atomic E-state index is 0.0797. The molecule has 0 aliphatic carbocycles. The number of aromatic amines is 1. The van der Waals surface area contributed by atoms with Crippen LogP contribution in [0.4, 0.5) is 26.3 Å². The fourth-order valence-electron chi connectivity index (χ4n) is 3.57. The number of hydrogen-bond acceptors (Lipinski definition) is 4. The van der Waals surface area contributed by atoms with E-state index in [1.165, 1.54) is 18.2 Å². The standard InChI is InChI=1S/C23H17F6N3O4/c24-22(25,26)12-32-15(8-19(31-32)13-1-3-16(4-2-13)36-23(27,28)29)11-35-17-5-6-18-14(7-21(33)34)10-30-20(18)9-17/h1-6,8-10,30H,7,11-12H2,(H,33,34). The first-order valence-electron chi connectivity index (χ1n) is 10.3. The van der Waals surface area contributed by atoms with Crippen LogP contribution in [-0.4, -0.2) is 38.4 Å². The number of rotatable bonds is 8. The number of ether oxygens (including phenoxy) is 2. The highest BCUT2D eigenvalue weighted by Crippen LogP contribution is 2.29. The van der Waals surface area contributed by atoms with Crippen molar-refractivity contribution in [1.29, 1.82) is 0 Å². The predicted octanol–water partition coefficient (Wildman–Crippen LogP) is 5.70. The number of carboxylic acids is 1. The molecule has 2 heterocycles. The van der Waals surface area contributed by atoms with Crippen LogP contribution < -0.4 is 9.47 Å². The number of benzene rings is 2. The molecule has 2 aromatic carbocycles. The number of halogens is 6. The molecule has 0 radical (unpaired) electrons. The number of nitrogens with zero attached hydrogens (tertiary/aromatic N) is 2. The summed E-state index contributed by atoms with van der Waals surface area (Å²) in [5.41, 5.74) is 1.63. The maximum absolute atomic E-state index is 13.1. The number of hydrogen-bond donors (Lipinski definition) is 2. The number of aliphatic carboxylic acids is 1. The number of carbonyl (C=O) groups is 1. The van der Waals surface area contributed by atoms with Crippen LogP contribution in [0.2, 0.25) is 0 Å². The molecule has 13 heteroatoms. The van der Waals surface area contributed by atoms with Gasteiger partial charge in [0.2, 0.25) is 0 Å². The van der Waals surface area contributed by atoms with Crippen molar-refractivity contribution < 1.29 is 45.7 Å². The van der Waals surface area contributed by atoms with Gasteiger partial charge >= 0.3 is 18.5 Å². The molecule has 0 unspecified atom stereocenters. The Morgan fingerprint density at radius 3 is 2.33 bits per heavy atom. The molecule has 2 aromatic heterocycles. The van der Waals surface area contributed by atoms with Gasteiger partial charge in [-0.25, -0.2) is 0 Å². The van der Waals surface area contributed by atoms with Crippen LogP contribution in [0.1, 0.15) is 11.3 Å². The lowest BCUT2D eigenvalue weighted by atomic mass is 10.1. The summed E-state index contributed by atoms with van der Waals surface area (Å²) >= 11 is 0. The van der Waals surface area contributed by atoms with Gasteiger partial charge in [0, 0.05) is 28.7 Å². The van der Waals surface area contributed by atoms with Gasteiger partial charge in [-0.15, -0.1) is 13.2 Å². The van der Waals surface area contributed by atoms with E-state index in [1.807, 2.05) is 0 Å². The highest BCUT2D eigenvalue weighted by molar-refractivity contribution is 5.87. The summed E-state index contributed by atoms with van der Waals surface area (Å²) in [5, 5.41) is 13.6. The average molecular weight is 513 g/mol. The number of fused-ring (bicyclic) bond motifs is 1. The highest BCUT2D eigenvalue weighted by atomic mass is 19.4. The van der Waals surface area contributed by atoms with E-state index >= 15 is 0 Å². The van der Waals surface area contributed by atoms with E-state index in [0.29, 0.717) is 26.9 Å². The van der Waals surface area contributed by atoms with Crippen LogP contribution in [-0.2, 0) is 24.4 Å². The summed E-state index contributed by atoms with van der Waals surface area (Å²) in [6.45, 7) is -1.68. The number of aromatic nitrogens is 3. The smallest absolute Gasteiger partial charge is 0.487 e. The van der Waals surface area contributed by atoms with Crippen LogP contribution >= 0.6 is 0 Å². The SMILES string of the molecule is O=C(O)Cc1c[nH]c2cc(OCc3cc(-c4ccc(OC(F)(F)F)cc4)nn3CC(F)(F)F)ccc12. The van der Waals surface area contributed by atoms with Crippen LogP contribution in [0.5, 0.6) is 11.5 Å². The maximum atomic E-state index is 13.1. The van der Waals surface area contributed by atoms with Gasteiger partial charge in [0.15, 0.2) is 0 Å². The maximum Gasteiger partial charge on any atom is 0.573 e. The summed E-state index contributed by atoms with van der Waals surface area (Å²) in [5.74, 6) is -1.15. The van der Waals surface area contributed by atoms with E-state index in [9.17, 15) is 31.1 Å². The Balaban J connectivity index is 1.55. The molecule has 0 spiro atoms. The van der Waals surface area contributed by atoms with Crippen LogP contribution in [0.3, 0.4) is 0 Å². The molecule has 0 atom stereocenters. The molecule has 36 heavy (non-hydrogen) atoms. The van der Waals surface area contributed by atoms with Crippen molar-refractivity contribution in [3.63, 3.8) is 0 Å². The van der Waals surface area contributed by atoms with Gasteiger partial charge in [0.05, 0.1) is 17.8 Å². The van der Waals surface area contributed by atoms with E-state index in [-0.39, 0.29) is 30.0 Å². The molecule has 2 N–H and O–H groups in total. The van der Waals surface area contributed by atoms with Crippen LogP contribution in [0.25, 0.3) is 22.2 Å². The zero-order valence-electron chi connectivity index (χ0n) is 18.2. The fourth-order valence-corrected chi connectivity index (χ4v) is 3.57. The second-order valence-corrected chi connectivity index (χ2v) is 7.75. The van der Waals surface area contributed by atoms with Crippen molar-refractivity contribution in [2.24, 2.45) is 0 Å². The molecule has 0 saturated heterocycles. The van der Waals surface area contributed by atoms with Crippen LogP contribution in [0, 0.1) is 0 Å². The van der Waals surface area contributed by atoms with Gasteiger partial charge in [-0.1, -0.05) is 0 Å². The van der Waals surface area contributed by atoms with Crippen LogP contribution in [0.15, 0.2) is 54.7 Å². The van der Waals surface area contributed by atoms with E-state index < -0.39 is 30.8 Å².